The maximum absolute atomic E-state index is 11.2. The Kier molecular flexibility index (Phi) is 4.86. The van der Waals surface area contributed by atoms with Crippen LogP contribution in [0.4, 0.5) is 5.82 Å². The number of nitrogens with zero attached hydrogens (tertiary/aromatic N) is 2. The number of carboxylic acid groups (broad SMARTS) is 1. The van der Waals surface area contributed by atoms with Crippen molar-refractivity contribution >= 4 is 17.8 Å². The van der Waals surface area contributed by atoms with Gasteiger partial charge in [-0.3, -0.25) is 9.78 Å². The summed E-state index contributed by atoms with van der Waals surface area (Å²) in [5.41, 5.74) is 0.107. The molecule has 0 aromatic carbocycles. The Labute approximate surface area is 97.8 Å². The Morgan fingerprint density at radius 1 is 1.47 bits per heavy atom. The fraction of sp³-hybridized carbons (Fsp3) is 0.400. The van der Waals surface area contributed by atoms with Crippen molar-refractivity contribution in [3.63, 3.8) is 0 Å². The number of hydrogen-bond acceptors (Lipinski definition) is 6. The minimum Gasteiger partial charge on any atom is -0.481 e. The van der Waals surface area contributed by atoms with Crippen molar-refractivity contribution in [2.45, 2.75) is 12.8 Å². The van der Waals surface area contributed by atoms with E-state index in [-0.39, 0.29) is 12.1 Å². The van der Waals surface area contributed by atoms with E-state index in [9.17, 15) is 9.59 Å². The van der Waals surface area contributed by atoms with Crippen LogP contribution in [0, 0.1) is 0 Å². The summed E-state index contributed by atoms with van der Waals surface area (Å²) in [6.07, 6.45) is 3.30. The Bertz CT molecular complexity index is 408. The molecule has 0 saturated heterocycles. The zero-order valence-electron chi connectivity index (χ0n) is 9.34. The standard InChI is InChI=1S/C10H13N3O4/c1-17-10(16)7-5-11-6-8(13-7)12-4-2-3-9(14)15/h5-6H,2-4H2,1H3,(H,12,13)(H,14,15). The fourth-order valence-electron chi connectivity index (χ4n) is 1.11. The van der Waals surface area contributed by atoms with Crippen molar-refractivity contribution in [1.29, 1.82) is 0 Å². The molecule has 1 aromatic heterocycles. The number of nitrogens with one attached hydrogen (secondary N) is 1. The Morgan fingerprint density at radius 2 is 2.24 bits per heavy atom. The van der Waals surface area contributed by atoms with E-state index in [1.807, 2.05) is 0 Å². The maximum atomic E-state index is 11.2. The van der Waals surface area contributed by atoms with Gasteiger partial charge in [0, 0.05) is 13.0 Å². The van der Waals surface area contributed by atoms with Crippen molar-refractivity contribution < 1.29 is 19.4 Å². The van der Waals surface area contributed by atoms with Gasteiger partial charge in [-0.2, -0.15) is 0 Å². The number of carbonyl (C=O) groups excluding carboxylic acids is 1. The first-order chi connectivity index (χ1) is 8.13. The second-order valence-electron chi connectivity index (χ2n) is 3.21. The summed E-state index contributed by atoms with van der Waals surface area (Å²) in [6.45, 7) is 0.450. The van der Waals surface area contributed by atoms with Gasteiger partial charge in [-0.15, -0.1) is 0 Å². The molecular formula is C10H13N3O4. The van der Waals surface area contributed by atoms with Gasteiger partial charge in [-0.25, -0.2) is 9.78 Å². The van der Waals surface area contributed by atoms with Gasteiger partial charge in [0.1, 0.15) is 5.82 Å². The van der Waals surface area contributed by atoms with E-state index in [1.54, 1.807) is 0 Å². The smallest absolute Gasteiger partial charge is 0.358 e. The molecule has 0 unspecified atom stereocenters. The molecule has 0 aliphatic carbocycles. The topological polar surface area (TPSA) is 101 Å². The summed E-state index contributed by atoms with van der Waals surface area (Å²) in [4.78, 5) is 29.2. The monoisotopic (exact) mass is 239 g/mol. The average molecular weight is 239 g/mol. The van der Waals surface area contributed by atoms with Gasteiger partial charge in [0.2, 0.25) is 0 Å². The first-order valence-corrected chi connectivity index (χ1v) is 4.99. The summed E-state index contributed by atoms with van der Waals surface area (Å²) >= 11 is 0. The van der Waals surface area contributed by atoms with Crippen LogP contribution in [0.1, 0.15) is 23.3 Å². The molecule has 0 saturated carbocycles. The number of aromatic nitrogens is 2. The number of methoxy groups -OCH3 is 1. The summed E-state index contributed by atoms with van der Waals surface area (Å²) in [7, 11) is 1.26. The van der Waals surface area contributed by atoms with Crippen molar-refractivity contribution in [1.82, 2.24) is 9.97 Å². The second kappa shape index (κ2) is 6.41. The van der Waals surface area contributed by atoms with Gasteiger partial charge >= 0.3 is 11.9 Å². The number of esters is 1. The molecule has 0 atom stereocenters. The van der Waals surface area contributed by atoms with Crippen molar-refractivity contribution in [2.75, 3.05) is 19.0 Å². The first kappa shape index (κ1) is 12.9. The van der Waals surface area contributed by atoms with E-state index in [0.29, 0.717) is 18.8 Å². The molecule has 1 rings (SSSR count). The lowest BCUT2D eigenvalue weighted by atomic mass is 10.3. The highest BCUT2D eigenvalue weighted by Crippen LogP contribution is 2.03. The highest BCUT2D eigenvalue weighted by atomic mass is 16.5. The number of rotatable bonds is 6. The molecule has 1 heterocycles. The van der Waals surface area contributed by atoms with E-state index in [0.717, 1.165) is 0 Å². The van der Waals surface area contributed by atoms with Crippen LogP contribution in [-0.2, 0) is 9.53 Å². The third-order valence-electron chi connectivity index (χ3n) is 1.90. The zero-order valence-corrected chi connectivity index (χ0v) is 9.34. The zero-order chi connectivity index (χ0) is 12.7. The predicted molar refractivity (Wildman–Crippen MR) is 58.7 cm³/mol. The van der Waals surface area contributed by atoms with Crippen LogP contribution in [0.5, 0.6) is 0 Å². The van der Waals surface area contributed by atoms with Gasteiger partial charge in [0.25, 0.3) is 0 Å². The normalized spacial score (nSPS) is 9.71. The first-order valence-electron chi connectivity index (χ1n) is 4.99. The molecule has 7 nitrogen and oxygen atoms in total. The summed E-state index contributed by atoms with van der Waals surface area (Å²) < 4.78 is 4.50. The lowest BCUT2D eigenvalue weighted by molar-refractivity contribution is -0.137. The summed E-state index contributed by atoms with van der Waals surface area (Å²) in [5, 5.41) is 11.3. The van der Waals surface area contributed by atoms with Gasteiger partial charge in [0.05, 0.1) is 19.5 Å². The third-order valence-corrected chi connectivity index (χ3v) is 1.90. The molecule has 7 heteroatoms. The van der Waals surface area contributed by atoms with Gasteiger partial charge < -0.3 is 15.2 Å². The number of hydrogen-bond donors (Lipinski definition) is 2. The van der Waals surface area contributed by atoms with E-state index < -0.39 is 11.9 Å². The molecule has 1 aromatic rings. The van der Waals surface area contributed by atoms with E-state index in [4.69, 9.17) is 5.11 Å². The molecule has 92 valence electrons. The number of anilines is 1. The molecule has 0 bridgehead atoms. The van der Waals surface area contributed by atoms with Crippen molar-refractivity contribution in [3.05, 3.63) is 18.1 Å². The van der Waals surface area contributed by atoms with E-state index in [2.05, 4.69) is 20.0 Å². The van der Waals surface area contributed by atoms with Crippen LogP contribution in [0.3, 0.4) is 0 Å². The van der Waals surface area contributed by atoms with Crippen molar-refractivity contribution in [3.8, 4) is 0 Å². The van der Waals surface area contributed by atoms with Crippen LogP contribution in [0.2, 0.25) is 0 Å². The molecule has 17 heavy (non-hydrogen) atoms. The molecule has 0 spiro atoms. The molecule has 2 N–H and O–H groups in total. The van der Waals surface area contributed by atoms with Gasteiger partial charge in [-0.1, -0.05) is 0 Å². The van der Waals surface area contributed by atoms with Crippen LogP contribution < -0.4 is 5.32 Å². The molecule has 0 amide bonds. The van der Waals surface area contributed by atoms with Crippen LogP contribution >= 0.6 is 0 Å². The largest absolute Gasteiger partial charge is 0.481 e. The van der Waals surface area contributed by atoms with E-state index >= 15 is 0 Å². The van der Waals surface area contributed by atoms with Crippen molar-refractivity contribution in [2.24, 2.45) is 0 Å². The molecule has 0 aliphatic rings. The lowest BCUT2D eigenvalue weighted by Crippen LogP contribution is -2.10. The molecule has 0 fully saturated rings. The molecule has 0 aliphatic heterocycles. The highest BCUT2D eigenvalue weighted by Gasteiger charge is 2.08. The van der Waals surface area contributed by atoms with Crippen LogP contribution in [0.25, 0.3) is 0 Å². The highest BCUT2D eigenvalue weighted by molar-refractivity contribution is 5.87. The predicted octanol–water partition coefficient (Wildman–Crippen LogP) is 0.540. The quantitative estimate of drug-likeness (QED) is 0.551. The minimum atomic E-state index is -0.846. The Hall–Kier alpha value is -2.18. The molecular weight excluding hydrogens is 226 g/mol. The lowest BCUT2D eigenvalue weighted by Gasteiger charge is -2.05. The summed E-state index contributed by atoms with van der Waals surface area (Å²) in [5.74, 6) is -0.994. The second-order valence-corrected chi connectivity index (χ2v) is 3.21. The number of ether oxygens (including phenoxy) is 1. The minimum absolute atomic E-state index is 0.0805. The Morgan fingerprint density at radius 3 is 2.88 bits per heavy atom. The SMILES string of the molecule is COC(=O)c1cncc(NCCCC(=O)O)n1. The van der Waals surface area contributed by atoms with Gasteiger partial charge in [-0.05, 0) is 6.42 Å². The Balaban J connectivity index is 2.48. The fourth-order valence-corrected chi connectivity index (χ4v) is 1.11. The molecule has 0 radical (unpaired) electrons. The van der Waals surface area contributed by atoms with Crippen LogP contribution in [-0.4, -0.2) is 40.7 Å². The number of aliphatic carboxylic acids is 1. The average Bonchev–Trinajstić information content (AvgIpc) is 2.34. The third kappa shape index (κ3) is 4.45. The van der Waals surface area contributed by atoms with E-state index in [1.165, 1.54) is 19.5 Å². The number of carboxylic acids is 1. The van der Waals surface area contributed by atoms with Gasteiger partial charge in [0.15, 0.2) is 5.69 Å². The van der Waals surface area contributed by atoms with Crippen LogP contribution in [0.15, 0.2) is 12.4 Å². The summed E-state index contributed by atoms with van der Waals surface area (Å²) in [6, 6.07) is 0. The number of carbonyl (C=O) groups is 2. The maximum Gasteiger partial charge on any atom is 0.358 e.